The Balaban J connectivity index is 1.67. The Hall–Kier alpha value is -1.87. The predicted octanol–water partition coefficient (Wildman–Crippen LogP) is 3.65. The van der Waals surface area contributed by atoms with Gasteiger partial charge in [-0.15, -0.1) is 0 Å². The summed E-state index contributed by atoms with van der Waals surface area (Å²) in [6.45, 7) is 0.744. The molecule has 0 saturated heterocycles. The van der Waals surface area contributed by atoms with Gasteiger partial charge in [-0.25, -0.2) is 4.39 Å². The molecule has 0 saturated carbocycles. The van der Waals surface area contributed by atoms with Crippen LogP contribution in [0.1, 0.15) is 29.9 Å². The molecule has 2 atom stereocenters. The van der Waals surface area contributed by atoms with E-state index in [0.717, 1.165) is 30.8 Å². The SMILES string of the molecule is NC(Cc1cccc(F)c1)CC1CCOc2ccccc21. The highest BCUT2D eigenvalue weighted by molar-refractivity contribution is 5.37. The molecule has 0 fully saturated rings. The van der Waals surface area contributed by atoms with Gasteiger partial charge in [0.05, 0.1) is 6.61 Å². The smallest absolute Gasteiger partial charge is 0.123 e. The average Bonchev–Trinajstić information content (AvgIpc) is 2.47. The summed E-state index contributed by atoms with van der Waals surface area (Å²) in [5.41, 5.74) is 8.49. The molecule has 0 bridgehead atoms. The zero-order chi connectivity index (χ0) is 14.7. The topological polar surface area (TPSA) is 35.2 Å². The van der Waals surface area contributed by atoms with E-state index in [1.807, 2.05) is 24.3 Å². The molecule has 0 spiro atoms. The minimum Gasteiger partial charge on any atom is -0.493 e. The molecule has 3 rings (SSSR count). The molecule has 1 aliphatic rings. The molecule has 2 aromatic carbocycles. The Morgan fingerprint density at radius 1 is 1.19 bits per heavy atom. The summed E-state index contributed by atoms with van der Waals surface area (Å²) >= 11 is 0. The maximum absolute atomic E-state index is 13.2. The number of nitrogens with two attached hydrogens (primary N) is 1. The fourth-order valence-electron chi connectivity index (χ4n) is 3.08. The third kappa shape index (κ3) is 3.42. The van der Waals surface area contributed by atoms with Gasteiger partial charge in [-0.05, 0) is 54.5 Å². The van der Waals surface area contributed by atoms with Gasteiger partial charge in [0, 0.05) is 6.04 Å². The Labute approximate surface area is 124 Å². The first-order valence-electron chi connectivity index (χ1n) is 7.44. The second-order valence-corrected chi connectivity index (χ2v) is 5.70. The average molecular weight is 285 g/mol. The summed E-state index contributed by atoms with van der Waals surface area (Å²) in [5.74, 6) is 1.21. The lowest BCUT2D eigenvalue weighted by molar-refractivity contribution is 0.259. The summed E-state index contributed by atoms with van der Waals surface area (Å²) in [6.07, 6.45) is 2.60. The molecule has 2 aromatic rings. The number of fused-ring (bicyclic) bond motifs is 1. The van der Waals surface area contributed by atoms with E-state index in [9.17, 15) is 4.39 Å². The molecule has 1 heterocycles. The second-order valence-electron chi connectivity index (χ2n) is 5.70. The van der Waals surface area contributed by atoms with Crippen molar-refractivity contribution in [1.82, 2.24) is 0 Å². The first-order chi connectivity index (χ1) is 10.2. The number of rotatable bonds is 4. The van der Waals surface area contributed by atoms with Crippen molar-refractivity contribution >= 4 is 0 Å². The van der Waals surface area contributed by atoms with E-state index in [1.54, 1.807) is 12.1 Å². The summed E-state index contributed by atoms with van der Waals surface area (Å²) < 4.78 is 18.9. The van der Waals surface area contributed by atoms with Crippen LogP contribution in [0.5, 0.6) is 5.75 Å². The van der Waals surface area contributed by atoms with Gasteiger partial charge in [0.15, 0.2) is 0 Å². The summed E-state index contributed by atoms with van der Waals surface area (Å²) in [6, 6.07) is 14.9. The van der Waals surface area contributed by atoms with Crippen molar-refractivity contribution in [2.24, 2.45) is 5.73 Å². The third-order valence-corrected chi connectivity index (χ3v) is 4.06. The van der Waals surface area contributed by atoms with Crippen molar-refractivity contribution in [3.8, 4) is 5.75 Å². The zero-order valence-electron chi connectivity index (χ0n) is 12.0. The maximum atomic E-state index is 13.2. The van der Waals surface area contributed by atoms with Gasteiger partial charge in [-0.1, -0.05) is 30.3 Å². The van der Waals surface area contributed by atoms with Crippen molar-refractivity contribution in [3.05, 3.63) is 65.5 Å². The van der Waals surface area contributed by atoms with Crippen molar-refractivity contribution in [2.45, 2.75) is 31.2 Å². The maximum Gasteiger partial charge on any atom is 0.123 e. The molecule has 2 unspecified atom stereocenters. The van der Waals surface area contributed by atoms with Crippen molar-refractivity contribution < 1.29 is 9.13 Å². The van der Waals surface area contributed by atoms with Gasteiger partial charge in [-0.3, -0.25) is 0 Å². The highest BCUT2D eigenvalue weighted by atomic mass is 19.1. The van der Waals surface area contributed by atoms with E-state index in [-0.39, 0.29) is 11.9 Å². The molecule has 0 amide bonds. The minimum atomic E-state index is -0.198. The molecule has 1 aliphatic heterocycles. The van der Waals surface area contributed by atoms with Crippen LogP contribution in [0.2, 0.25) is 0 Å². The lowest BCUT2D eigenvalue weighted by Crippen LogP contribution is -2.27. The van der Waals surface area contributed by atoms with Crippen molar-refractivity contribution in [1.29, 1.82) is 0 Å². The van der Waals surface area contributed by atoms with E-state index in [2.05, 4.69) is 6.07 Å². The van der Waals surface area contributed by atoms with Crippen LogP contribution < -0.4 is 10.5 Å². The molecule has 21 heavy (non-hydrogen) atoms. The quantitative estimate of drug-likeness (QED) is 0.930. The van der Waals surface area contributed by atoms with Crippen LogP contribution in [0, 0.1) is 5.82 Å². The van der Waals surface area contributed by atoms with Crippen molar-refractivity contribution in [3.63, 3.8) is 0 Å². The number of para-hydroxylation sites is 1. The number of benzene rings is 2. The molecule has 110 valence electrons. The van der Waals surface area contributed by atoms with Crippen LogP contribution in [0.4, 0.5) is 4.39 Å². The fraction of sp³-hybridized carbons (Fsp3) is 0.333. The van der Waals surface area contributed by atoms with Gasteiger partial charge in [0.25, 0.3) is 0 Å². The Bertz CT molecular complexity index is 614. The molecule has 2 N–H and O–H groups in total. The monoisotopic (exact) mass is 285 g/mol. The molecule has 0 radical (unpaired) electrons. The van der Waals surface area contributed by atoms with Crippen LogP contribution >= 0.6 is 0 Å². The Kier molecular flexibility index (Phi) is 4.20. The van der Waals surface area contributed by atoms with Crippen LogP contribution in [-0.2, 0) is 6.42 Å². The molecule has 2 nitrogen and oxygen atoms in total. The first kappa shape index (κ1) is 14.1. The molecule has 0 aromatic heterocycles. The van der Waals surface area contributed by atoms with E-state index in [0.29, 0.717) is 12.3 Å². The molecular formula is C18H20FNO. The lowest BCUT2D eigenvalue weighted by Gasteiger charge is -2.28. The Morgan fingerprint density at radius 2 is 2.05 bits per heavy atom. The van der Waals surface area contributed by atoms with Crippen LogP contribution in [0.25, 0.3) is 0 Å². The molecule has 0 aliphatic carbocycles. The third-order valence-electron chi connectivity index (χ3n) is 4.06. The molecular weight excluding hydrogens is 265 g/mol. The van der Waals surface area contributed by atoms with Gasteiger partial charge >= 0.3 is 0 Å². The van der Waals surface area contributed by atoms with Crippen LogP contribution in [0.15, 0.2) is 48.5 Å². The Morgan fingerprint density at radius 3 is 2.90 bits per heavy atom. The minimum absolute atomic E-state index is 0.0305. The standard InChI is InChI=1S/C18H20FNO/c19-15-5-3-4-13(10-15)11-16(20)12-14-8-9-21-18-7-2-1-6-17(14)18/h1-7,10,14,16H,8-9,11-12,20H2. The van der Waals surface area contributed by atoms with Gasteiger partial charge in [0.2, 0.25) is 0 Å². The van der Waals surface area contributed by atoms with E-state index >= 15 is 0 Å². The second kappa shape index (κ2) is 6.27. The summed E-state index contributed by atoms with van der Waals surface area (Å²) in [5, 5.41) is 0. The van der Waals surface area contributed by atoms with E-state index in [4.69, 9.17) is 10.5 Å². The van der Waals surface area contributed by atoms with E-state index in [1.165, 1.54) is 11.6 Å². The highest BCUT2D eigenvalue weighted by Gasteiger charge is 2.23. The molecule has 3 heteroatoms. The lowest BCUT2D eigenvalue weighted by atomic mass is 9.86. The van der Waals surface area contributed by atoms with Gasteiger partial charge in [0.1, 0.15) is 11.6 Å². The summed E-state index contributed by atoms with van der Waals surface area (Å²) in [4.78, 5) is 0. The summed E-state index contributed by atoms with van der Waals surface area (Å²) in [7, 11) is 0. The van der Waals surface area contributed by atoms with Crippen LogP contribution in [-0.4, -0.2) is 12.6 Å². The highest BCUT2D eigenvalue weighted by Crippen LogP contribution is 2.36. The van der Waals surface area contributed by atoms with E-state index < -0.39 is 0 Å². The van der Waals surface area contributed by atoms with Crippen LogP contribution in [0.3, 0.4) is 0 Å². The first-order valence-corrected chi connectivity index (χ1v) is 7.44. The van der Waals surface area contributed by atoms with Crippen molar-refractivity contribution in [2.75, 3.05) is 6.61 Å². The fourth-order valence-corrected chi connectivity index (χ4v) is 3.08. The normalized spacial score (nSPS) is 18.7. The predicted molar refractivity (Wildman–Crippen MR) is 82.0 cm³/mol. The van der Waals surface area contributed by atoms with Gasteiger partial charge in [-0.2, -0.15) is 0 Å². The number of ether oxygens (including phenoxy) is 1. The number of hydrogen-bond donors (Lipinski definition) is 1. The number of hydrogen-bond acceptors (Lipinski definition) is 2. The number of halogens is 1. The van der Waals surface area contributed by atoms with Gasteiger partial charge < -0.3 is 10.5 Å². The largest absolute Gasteiger partial charge is 0.493 e. The zero-order valence-corrected chi connectivity index (χ0v) is 12.0.